The van der Waals surface area contributed by atoms with Gasteiger partial charge in [-0.2, -0.15) is 0 Å². The standard InChI is InChI=1S/C10H10BrFO2/c1-10(2,14)9(13)7-5-6(11)3-4-8(7)12/h3-5,14H,1-2H3. The maximum absolute atomic E-state index is 13.2. The molecule has 0 unspecified atom stereocenters. The van der Waals surface area contributed by atoms with Crippen LogP contribution in [0.4, 0.5) is 4.39 Å². The van der Waals surface area contributed by atoms with Crippen molar-refractivity contribution >= 4 is 21.7 Å². The Labute approximate surface area is 89.9 Å². The van der Waals surface area contributed by atoms with Gasteiger partial charge < -0.3 is 5.11 Å². The van der Waals surface area contributed by atoms with Gasteiger partial charge >= 0.3 is 0 Å². The summed E-state index contributed by atoms with van der Waals surface area (Å²) in [5.74, 6) is -1.25. The smallest absolute Gasteiger partial charge is 0.196 e. The fourth-order valence-electron chi connectivity index (χ4n) is 1.00. The molecule has 0 atom stereocenters. The molecule has 14 heavy (non-hydrogen) atoms. The highest BCUT2D eigenvalue weighted by Crippen LogP contribution is 2.20. The van der Waals surface area contributed by atoms with Crippen LogP contribution in [0.5, 0.6) is 0 Å². The molecule has 76 valence electrons. The zero-order valence-electron chi connectivity index (χ0n) is 7.84. The van der Waals surface area contributed by atoms with Gasteiger partial charge in [-0.15, -0.1) is 0 Å². The lowest BCUT2D eigenvalue weighted by molar-refractivity contribution is 0.0483. The van der Waals surface area contributed by atoms with Crippen LogP contribution in [0.15, 0.2) is 22.7 Å². The summed E-state index contributed by atoms with van der Waals surface area (Å²) in [5, 5.41) is 9.42. The monoisotopic (exact) mass is 260 g/mol. The van der Waals surface area contributed by atoms with Crippen LogP contribution in [0.3, 0.4) is 0 Å². The van der Waals surface area contributed by atoms with Crippen LogP contribution in [-0.2, 0) is 0 Å². The molecule has 0 aliphatic rings. The van der Waals surface area contributed by atoms with E-state index in [1.54, 1.807) is 0 Å². The molecule has 1 rings (SSSR count). The first-order chi connectivity index (χ1) is 6.32. The Morgan fingerprint density at radius 2 is 2.07 bits per heavy atom. The van der Waals surface area contributed by atoms with Crippen LogP contribution in [0, 0.1) is 5.82 Å². The Kier molecular flexibility index (Phi) is 3.07. The molecular formula is C10H10BrFO2. The summed E-state index contributed by atoms with van der Waals surface area (Å²) in [7, 11) is 0. The van der Waals surface area contributed by atoms with Gasteiger partial charge in [0.25, 0.3) is 0 Å². The van der Waals surface area contributed by atoms with Crippen molar-refractivity contribution in [2.75, 3.05) is 0 Å². The van der Waals surface area contributed by atoms with Crippen molar-refractivity contribution in [3.8, 4) is 0 Å². The number of carbonyl (C=O) groups excluding carboxylic acids is 1. The molecular weight excluding hydrogens is 251 g/mol. The molecule has 4 heteroatoms. The number of carbonyl (C=O) groups is 1. The number of aliphatic hydroxyl groups is 1. The Hall–Kier alpha value is -0.740. The lowest BCUT2D eigenvalue weighted by Gasteiger charge is -2.15. The van der Waals surface area contributed by atoms with Gasteiger partial charge in [-0.1, -0.05) is 15.9 Å². The maximum atomic E-state index is 13.2. The van der Waals surface area contributed by atoms with Gasteiger partial charge in [-0.3, -0.25) is 4.79 Å². The molecule has 0 spiro atoms. The molecule has 0 amide bonds. The second-order valence-electron chi connectivity index (χ2n) is 3.51. The van der Waals surface area contributed by atoms with Gasteiger partial charge in [0.2, 0.25) is 0 Å². The summed E-state index contributed by atoms with van der Waals surface area (Å²) in [6, 6.07) is 4.04. The van der Waals surface area contributed by atoms with E-state index >= 15 is 0 Å². The van der Waals surface area contributed by atoms with Crippen molar-refractivity contribution in [2.45, 2.75) is 19.4 Å². The maximum Gasteiger partial charge on any atom is 0.196 e. The fraction of sp³-hybridized carbons (Fsp3) is 0.300. The summed E-state index contributed by atoms with van der Waals surface area (Å²) in [6.45, 7) is 2.66. The largest absolute Gasteiger partial charge is 0.382 e. The highest BCUT2D eigenvalue weighted by atomic mass is 79.9. The van der Waals surface area contributed by atoms with Crippen LogP contribution in [0.1, 0.15) is 24.2 Å². The molecule has 0 aromatic heterocycles. The normalized spacial score (nSPS) is 11.5. The highest BCUT2D eigenvalue weighted by molar-refractivity contribution is 9.10. The molecule has 1 aromatic carbocycles. The van der Waals surface area contributed by atoms with Crippen molar-refractivity contribution in [1.82, 2.24) is 0 Å². The van der Waals surface area contributed by atoms with E-state index < -0.39 is 17.2 Å². The van der Waals surface area contributed by atoms with Crippen LogP contribution in [-0.4, -0.2) is 16.5 Å². The van der Waals surface area contributed by atoms with E-state index in [-0.39, 0.29) is 5.56 Å². The quantitative estimate of drug-likeness (QED) is 0.830. The third kappa shape index (κ3) is 2.39. The highest BCUT2D eigenvalue weighted by Gasteiger charge is 2.27. The third-order valence-corrected chi connectivity index (χ3v) is 2.22. The molecule has 0 aliphatic carbocycles. The Morgan fingerprint density at radius 1 is 1.50 bits per heavy atom. The van der Waals surface area contributed by atoms with Gasteiger partial charge in [0.05, 0.1) is 5.56 Å². The molecule has 1 N–H and O–H groups in total. The van der Waals surface area contributed by atoms with E-state index in [0.717, 1.165) is 0 Å². The van der Waals surface area contributed by atoms with Crippen molar-refractivity contribution in [1.29, 1.82) is 0 Å². The van der Waals surface area contributed by atoms with Gasteiger partial charge in [-0.25, -0.2) is 4.39 Å². The zero-order valence-corrected chi connectivity index (χ0v) is 9.43. The average molecular weight is 261 g/mol. The Balaban J connectivity index is 3.19. The summed E-state index contributed by atoms with van der Waals surface area (Å²) in [5.41, 5.74) is -1.66. The summed E-state index contributed by atoms with van der Waals surface area (Å²) in [4.78, 5) is 11.5. The van der Waals surface area contributed by atoms with E-state index in [1.165, 1.54) is 32.0 Å². The minimum atomic E-state index is -1.55. The lowest BCUT2D eigenvalue weighted by atomic mass is 9.97. The molecule has 0 saturated carbocycles. The van der Waals surface area contributed by atoms with E-state index in [0.29, 0.717) is 4.47 Å². The predicted octanol–water partition coefficient (Wildman–Crippen LogP) is 2.54. The summed E-state index contributed by atoms with van der Waals surface area (Å²) >= 11 is 3.13. The van der Waals surface area contributed by atoms with E-state index in [2.05, 4.69) is 15.9 Å². The first-order valence-electron chi connectivity index (χ1n) is 4.04. The van der Waals surface area contributed by atoms with Crippen molar-refractivity contribution < 1.29 is 14.3 Å². The third-order valence-electron chi connectivity index (χ3n) is 1.73. The minimum Gasteiger partial charge on any atom is -0.382 e. The number of halogens is 2. The molecule has 2 nitrogen and oxygen atoms in total. The summed E-state index contributed by atoms with van der Waals surface area (Å²) in [6.07, 6.45) is 0. The number of hydrogen-bond acceptors (Lipinski definition) is 2. The number of Topliss-reactive ketones (excluding diaryl/α,β-unsaturated/α-hetero) is 1. The second-order valence-corrected chi connectivity index (χ2v) is 4.43. The average Bonchev–Trinajstić information content (AvgIpc) is 2.06. The molecule has 0 fully saturated rings. The first kappa shape index (κ1) is 11.3. The lowest BCUT2D eigenvalue weighted by Crippen LogP contribution is -2.31. The zero-order chi connectivity index (χ0) is 10.9. The second kappa shape index (κ2) is 3.79. The van der Waals surface area contributed by atoms with Crippen molar-refractivity contribution in [3.05, 3.63) is 34.1 Å². The van der Waals surface area contributed by atoms with E-state index in [4.69, 9.17) is 0 Å². The molecule has 0 bridgehead atoms. The van der Waals surface area contributed by atoms with Crippen molar-refractivity contribution in [3.63, 3.8) is 0 Å². The Morgan fingerprint density at radius 3 is 2.57 bits per heavy atom. The molecule has 0 aliphatic heterocycles. The van der Waals surface area contributed by atoms with Gasteiger partial charge in [-0.05, 0) is 32.0 Å². The molecule has 0 saturated heterocycles. The van der Waals surface area contributed by atoms with Crippen LogP contribution in [0.25, 0.3) is 0 Å². The molecule has 1 aromatic rings. The topological polar surface area (TPSA) is 37.3 Å². The fourth-order valence-corrected chi connectivity index (χ4v) is 1.36. The number of hydrogen-bond donors (Lipinski definition) is 1. The number of ketones is 1. The minimum absolute atomic E-state index is 0.105. The van der Waals surface area contributed by atoms with Crippen LogP contribution >= 0.6 is 15.9 Å². The van der Waals surface area contributed by atoms with Gasteiger partial charge in [0, 0.05) is 4.47 Å². The van der Waals surface area contributed by atoms with E-state index in [9.17, 15) is 14.3 Å². The van der Waals surface area contributed by atoms with Gasteiger partial charge in [0.15, 0.2) is 5.78 Å². The first-order valence-corrected chi connectivity index (χ1v) is 4.84. The summed E-state index contributed by atoms with van der Waals surface area (Å²) < 4.78 is 13.8. The number of rotatable bonds is 2. The van der Waals surface area contributed by atoms with E-state index in [1.807, 2.05) is 0 Å². The van der Waals surface area contributed by atoms with Crippen LogP contribution in [0.2, 0.25) is 0 Å². The number of benzene rings is 1. The SMILES string of the molecule is CC(C)(O)C(=O)c1cc(Br)ccc1F. The predicted molar refractivity (Wildman–Crippen MR) is 54.7 cm³/mol. The van der Waals surface area contributed by atoms with Gasteiger partial charge in [0.1, 0.15) is 11.4 Å². The van der Waals surface area contributed by atoms with Crippen LogP contribution < -0.4 is 0 Å². The molecule has 0 radical (unpaired) electrons. The van der Waals surface area contributed by atoms with Crippen molar-refractivity contribution in [2.24, 2.45) is 0 Å². The Bertz CT molecular complexity index is 369. The molecule has 0 heterocycles.